The van der Waals surface area contributed by atoms with Crippen molar-refractivity contribution in [3.8, 4) is 0 Å². The fraction of sp³-hybridized carbons (Fsp3) is 0.421. The summed E-state index contributed by atoms with van der Waals surface area (Å²) in [5.74, 6) is -0.376. The zero-order chi connectivity index (χ0) is 17.2. The number of carbonyl (C=O) groups excluding carboxylic acids is 2. The lowest BCUT2D eigenvalue weighted by molar-refractivity contribution is -0.155. The number of fused-ring (bicyclic) bond motifs is 1. The van der Waals surface area contributed by atoms with E-state index in [2.05, 4.69) is 17.1 Å². The number of aromatic nitrogens is 1. The van der Waals surface area contributed by atoms with Crippen LogP contribution in [0.25, 0.3) is 0 Å². The fourth-order valence-corrected chi connectivity index (χ4v) is 4.37. The Kier molecular flexibility index (Phi) is 4.53. The summed E-state index contributed by atoms with van der Waals surface area (Å²) in [7, 11) is 0. The van der Waals surface area contributed by atoms with Gasteiger partial charge in [0.05, 0.1) is 12.6 Å². The van der Waals surface area contributed by atoms with Gasteiger partial charge in [0.1, 0.15) is 5.01 Å². The van der Waals surface area contributed by atoms with Gasteiger partial charge in [0.25, 0.3) is 5.91 Å². The van der Waals surface area contributed by atoms with Crippen LogP contribution in [0.4, 0.5) is 0 Å². The van der Waals surface area contributed by atoms with Crippen molar-refractivity contribution in [1.29, 1.82) is 0 Å². The Morgan fingerprint density at radius 1 is 1.28 bits per heavy atom. The maximum absolute atomic E-state index is 13.2. The second-order valence-corrected chi connectivity index (χ2v) is 7.50. The number of hydrogen-bond donors (Lipinski definition) is 0. The van der Waals surface area contributed by atoms with Crippen LogP contribution in [-0.2, 0) is 27.3 Å². The maximum atomic E-state index is 13.2. The summed E-state index contributed by atoms with van der Waals surface area (Å²) in [4.78, 5) is 30.8. The van der Waals surface area contributed by atoms with Gasteiger partial charge >= 0.3 is 5.97 Å². The summed E-state index contributed by atoms with van der Waals surface area (Å²) >= 11 is 1.54. The molecule has 25 heavy (non-hydrogen) atoms. The molecule has 0 spiro atoms. The first-order valence-electron chi connectivity index (χ1n) is 8.68. The van der Waals surface area contributed by atoms with Gasteiger partial charge in [0, 0.05) is 24.4 Å². The smallest absolute Gasteiger partial charge is 0.306 e. The normalized spacial score (nSPS) is 22.3. The van der Waals surface area contributed by atoms with E-state index in [0.717, 1.165) is 24.3 Å². The molecule has 1 aromatic carbocycles. The van der Waals surface area contributed by atoms with Gasteiger partial charge in [-0.2, -0.15) is 0 Å². The number of amides is 1. The number of thiazole rings is 1. The number of benzene rings is 1. The van der Waals surface area contributed by atoms with E-state index in [9.17, 15) is 9.59 Å². The van der Waals surface area contributed by atoms with E-state index in [1.807, 2.05) is 22.4 Å². The number of cyclic esters (lactones) is 1. The van der Waals surface area contributed by atoms with Crippen LogP contribution in [0.2, 0.25) is 0 Å². The molecule has 6 heteroatoms. The summed E-state index contributed by atoms with van der Waals surface area (Å²) in [6, 6.07) is 8.34. The molecule has 1 amide bonds. The molecule has 4 rings (SSSR count). The molecule has 0 N–H and O–H groups in total. The molecule has 1 aliphatic carbocycles. The van der Waals surface area contributed by atoms with Crippen LogP contribution in [0.1, 0.15) is 47.9 Å². The highest BCUT2D eigenvalue weighted by Crippen LogP contribution is 2.36. The topological polar surface area (TPSA) is 59.5 Å². The highest BCUT2D eigenvalue weighted by atomic mass is 32.1. The number of hydrogen-bond acceptors (Lipinski definition) is 5. The van der Waals surface area contributed by atoms with Crippen molar-refractivity contribution in [3.05, 3.63) is 52.0 Å². The molecule has 2 aromatic rings. The minimum atomic E-state index is -0.651. The van der Waals surface area contributed by atoms with Crippen LogP contribution < -0.4 is 0 Å². The Morgan fingerprint density at radius 3 is 2.92 bits per heavy atom. The first-order chi connectivity index (χ1) is 12.2. The predicted octanol–water partition coefficient (Wildman–Crippen LogP) is 3.25. The van der Waals surface area contributed by atoms with Crippen LogP contribution in [0.3, 0.4) is 0 Å². The Morgan fingerprint density at radius 2 is 2.16 bits per heavy atom. The fourth-order valence-electron chi connectivity index (χ4n) is 3.75. The third kappa shape index (κ3) is 3.31. The molecule has 1 aromatic heterocycles. The molecule has 0 radical (unpaired) electrons. The standard InChI is InChI=1S/C19H20N2O3S/c22-18-9-8-16(24-18)19(23)21(12-17-20-10-11-25-17)15-7-3-5-13-4-1-2-6-14(13)15/h1-2,4,6,10-11,15-16H,3,5,7-9,12H2/t15-,16-/m1/s1. The average molecular weight is 356 g/mol. The van der Waals surface area contributed by atoms with E-state index in [-0.39, 0.29) is 17.9 Å². The largest absolute Gasteiger partial charge is 0.452 e. The van der Waals surface area contributed by atoms with Crippen molar-refractivity contribution >= 4 is 23.2 Å². The predicted molar refractivity (Wildman–Crippen MR) is 93.9 cm³/mol. The molecular formula is C19H20N2O3S. The lowest BCUT2D eigenvalue weighted by atomic mass is 9.86. The number of ether oxygens (including phenoxy) is 1. The first kappa shape index (κ1) is 16.3. The minimum absolute atomic E-state index is 0.0145. The summed E-state index contributed by atoms with van der Waals surface area (Å²) in [6.45, 7) is 0.462. The molecule has 5 nitrogen and oxygen atoms in total. The first-order valence-corrected chi connectivity index (χ1v) is 9.56. The number of nitrogens with zero attached hydrogens (tertiary/aromatic N) is 2. The van der Waals surface area contributed by atoms with Crippen molar-refractivity contribution in [2.75, 3.05) is 0 Å². The second-order valence-electron chi connectivity index (χ2n) is 6.52. The van der Waals surface area contributed by atoms with Crippen molar-refractivity contribution in [2.24, 2.45) is 0 Å². The lowest BCUT2D eigenvalue weighted by Crippen LogP contribution is -2.42. The molecule has 2 aliphatic rings. The van der Waals surface area contributed by atoms with E-state index in [1.54, 1.807) is 17.5 Å². The summed E-state index contributed by atoms with van der Waals surface area (Å²) in [6.07, 6.45) is 4.92. The number of aryl methyl sites for hydroxylation is 1. The highest BCUT2D eigenvalue weighted by molar-refractivity contribution is 7.09. The molecule has 1 fully saturated rings. The SMILES string of the molecule is O=C1CC[C@H](C(=O)N(Cc2nccs2)[C@@H]2CCCc3ccccc32)O1. The van der Waals surface area contributed by atoms with Gasteiger partial charge in [-0.25, -0.2) is 4.98 Å². The van der Waals surface area contributed by atoms with Gasteiger partial charge in [-0.3, -0.25) is 9.59 Å². The van der Waals surface area contributed by atoms with Gasteiger partial charge in [-0.15, -0.1) is 11.3 Å². The average Bonchev–Trinajstić information content (AvgIpc) is 3.30. The minimum Gasteiger partial charge on any atom is -0.452 e. The molecule has 0 saturated carbocycles. The van der Waals surface area contributed by atoms with Crippen molar-refractivity contribution < 1.29 is 14.3 Å². The number of carbonyl (C=O) groups is 2. The van der Waals surface area contributed by atoms with Gasteiger partial charge in [-0.1, -0.05) is 24.3 Å². The van der Waals surface area contributed by atoms with E-state index in [4.69, 9.17) is 4.74 Å². The van der Waals surface area contributed by atoms with E-state index >= 15 is 0 Å². The Hall–Kier alpha value is -2.21. The quantitative estimate of drug-likeness (QED) is 0.789. The van der Waals surface area contributed by atoms with Crippen molar-refractivity contribution in [1.82, 2.24) is 9.88 Å². The zero-order valence-corrected chi connectivity index (χ0v) is 14.7. The summed E-state index contributed by atoms with van der Waals surface area (Å²) in [5.41, 5.74) is 2.52. The number of rotatable bonds is 4. The lowest BCUT2D eigenvalue weighted by Gasteiger charge is -2.36. The van der Waals surface area contributed by atoms with Crippen LogP contribution in [0.5, 0.6) is 0 Å². The van der Waals surface area contributed by atoms with Crippen molar-refractivity contribution in [2.45, 2.75) is 50.8 Å². The summed E-state index contributed by atoms with van der Waals surface area (Å²) in [5, 5.41) is 2.82. The van der Waals surface area contributed by atoms with Gasteiger partial charge < -0.3 is 9.64 Å². The Labute approximate surface area is 150 Å². The summed E-state index contributed by atoms with van der Waals surface area (Å²) < 4.78 is 5.25. The van der Waals surface area contributed by atoms with Crippen LogP contribution >= 0.6 is 11.3 Å². The molecule has 1 aliphatic heterocycles. The third-order valence-electron chi connectivity index (χ3n) is 4.95. The monoisotopic (exact) mass is 356 g/mol. The molecule has 1 saturated heterocycles. The van der Waals surface area contributed by atoms with E-state index in [0.29, 0.717) is 19.4 Å². The molecule has 0 bridgehead atoms. The zero-order valence-electron chi connectivity index (χ0n) is 13.9. The van der Waals surface area contributed by atoms with Crippen LogP contribution in [-0.4, -0.2) is 27.9 Å². The molecule has 2 atom stereocenters. The molecular weight excluding hydrogens is 336 g/mol. The van der Waals surface area contributed by atoms with Gasteiger partial charge in [0.2, 0.25) is 0 Å². The number of esters is 1. The second kappa shape index (κ2) is 6.96. The Balaban J connectivity index is 1.66. The van der Waals surface area contributed by atoms with E-state index < -0.39 is 6.10 Å². The van der Waals surface area contributed by atoms with Crippen LogP contribution in [0.15, 0.2) is 35.8 Å². The van der Waals surface area contributed by atoms with Gasteiger partial charge in [0.15, 0.2) is 6.10 Å². The Bertz CT molecular complexity index is 775. The van der Waals surface area contributed by atoms with E-state index in [1.165, 1.54) is 11.1 Å². The van der Waals surface area contributed by atoms with Crippen LogP contribution in [0, 0.1) is 0 Å². The highest BCUT2D eigenvalue weighted by Gasteiger charge is 2.37. The maximum Gasteiger partial charge on any atom is 0.306 e. The molecule has 0 unspecified atom stereocenters. The molecule has 130 valence electrons. The molecule has 2 heterocycles. The van der Waals surface area contributed by atoms with Gasteiger partial charge in [-0.05, 0) is 30.4 Å². The van der Waals surface area contributed by atoms with Crippen molar-refractivity contribution in [3.63, 3.8) is 0 Å². The third-order valence-corrected chi connectivity index (χ3v) is 5.71.